The Hall–Kier alpha value is -2.36. The number of methoxy groups -OCH3 is 1. The first-order chi connectivity index (χ1) is 13.1. The van der Waals surface area contributed by atoms with Crippen molar-refractivity contribution in [1.82, 2.24) is 0 Å². The van der Waals surface area contributed by atoms with E-state index in [1.807, 2.05) is 30.3 Å². The van der Waals surface area contributed by atoms with Gasteiger partial charge < -0.3 is 14.8 Å². The molecule has 27 heavy (non-hydrogen) atoms. The Morgan fingerprint density at radius 3 is 2.56 bits per heavy atom. The molecule has 140 valence electrons. The van der Waals surface area contributed by atoms with E-state index in [0.29, 0.717) is 34.7 Å². The smallest absolute Gasteiger partial charge is 0.166 e. The summed E-state index contributed by atoms with van der Waals surface area (Å²) in [7, 11) is 1.64. The van der Waals surface area contributed by atoms with E-state index in [-0.39, 0.29) is 0 Å². The van der Waals surface area contributed by atoms with Crippen LogP contribution in [0.25, 0.3) is 0 Å². The number of hydrogen-bond donors (Lipinski definition) is 1. The van der Waals surface area contributed by atoms with Gasteiger partial charge in [-0.3, -0.25) is 0 Å². The summed E-state index contributed by atoms with van der Waals surface area (Å²) in [5.74, 6) is 1.41. The summed E-state index contributed by atoms with van der Waals surface area (Å²) >= 11 is 12.3. The fourth-order valence-corrected chi connectivity index (χ4v) is 3.16. The molecule has 0 aliphatic heterocycles. The molecule has 3 aromatic carbocycles. The molecule has 0 bridgehead atoms. The molecule has 3 aromatic rings. The highest BCUT2D eigenvalue weighted by molar-refractivity contribution is 6.35. The molecule has 0 saturated carbocycles. The van der Waals surface area contributed by atoms with Gasteiger partial charge in [0.15, 0.2) is 11.5 Å². The largest absolute Gasteiger partial charge is 0.493 e. The van der Waals surface area contributed by atoms with Gasteiger partial charge in [-0.1, -0.05) is 65.2 Å². The Kier molecular flexibility index (Phi) is 6.49. The van der Waals surface area contributed by atoms with Gasteiger partial charge in [0.05, 0.1) is 17.8 Å². The second-order valence-electron chi connectivity index (χ2n) is 6.20. The van der Waals surface area contributed by atoms with Gasteiger partial charge in [-0.2, -0.15) is 0 Å². The molecule has 0 aromatic heterocycles. The minimum Gasteiger partial charge on any atom is -0.493 e. The standard InChI is InChI=1S/C22H21Cl2NO2/c1-15-5-3-6-16(11-15)14-27-22-17(7-4-8-21(22)26-2)13-25-20-12-18(23)9-10-19(20)24/h3-12,25H,13-14H2,1-2H3. The summed E-state index contributed by atoms with van der Waals surface area (Å²) in [5.41, 5.74) is 4.06. The zero-order chi connectivity index (χ0) is 19.2. The number of nitrogens with one attached hydrogen (secondary N) is 1. The molecule has 1 N–H and O–H groups in total. The zero-order valence-electron chi connectivity index (χ0n) is 15.3. The molecule has 0 fully saturated rings. The van der Waals surface area contributed by atoms with Gasteiger partial charge in [0.25, 0.3) is 0 Å². The maximum atomic E-state index is 6.24. The highest BCUT2D eigenvalue weighted by Crippen LogP contribution is 2.33. The predicted molar refractivity (Wildman–Crippen MR) is 112 cm³/mol. The monoisotopic (exact) mass is 401 g/mol. The third kappa shape index (κ3) is 5.09. The van der Waals surface area contributed by atoms with Gasteiger partial charge in [-0.15, -0.1) is 0 Å². The summed E-state index contributed by atoms with van der Waals surface area (Å²) in [4.78, 5) is 0. The molecule has 0 aliphatic carbocycles. The molecular formula is C22H21Cl2NO2. The van der Waals surface area contributed by atoms with Crippen LogP contribution in [0.5, 0.6) is 11.5 Å². The van der Waals surface area contributed by atoms with E-state index in [0.717, 1.165) is 16.8 Å². The van der Waals surface area contributed by atoms with Crippen LogP contribution < -0.4 is 14.8 Å². The average Bonchev–Trinajstić information content (AvgIpc) is 2.67. The number of aryl methyl sites for hydroxylation is 1. The Labute approximate surface area is 169 Å². The minimum absolute atomic E-state index is 0.465. The number of ether oxygens (including phenoxy) is 2. The lowest BCUT2D eigenvalue weighted by atomic mass is 10.1. The summed E-state index contributed by atoms with van der Waals surface area (Å²) < 4.78 is 11.6. The molecule has 3 rings (SSSR count). The van der Waals surface area contributed by atoms with E-state index in [9.17, 15) is 0 Å². The van der Waals surface area contributed by atoms with E-state index in [1.54, 1.807) is 25.3 Å². The van der Waals surface area contributed by atoms with Gasteiger partial charge in [0.1, 0.15) is 6.61 Å². The molecule has 0 atom stereocenters. The lowest BCUT2D eigenvalue weighted by molar-refractivity contribution is 0.281. The number of para-hydroxylation sites is 1. The van der Waals surface area contributed by atoms with Crippen LogP contribution in [0.3, 0.4) is 0 Å². The molecule has 0 saturated heterocycles. The maximum absolute atomic E-state index is 6.24. The van der Waals surface area contributed by atoms with Crippen molar-refractivity contribution in [3.8, 4) is 11.5 Å². The lowest BCUT2D eigenvalue weighted by Crippen LogP contribution is -2.05. The normalized spacial score (nSPS) is 10.5. The lowest BCUT2D eigenvalue weighted by Gasteiger charge is -2.17. The summed E-state index contributed by atoms with van der Waals surface area (Å²) in [5, 5.41) is 4.56. The molecule has 5 heteroatoms. The van der Waals surface area contributed by atoms with Crippen LogP contribution in [0.15, 0.2) is 60.7 Å². The highest BCUT2D eigenvalue weighted by Gasteiger charge is 2.12. The van der Waals surface area contributed by atoms with Crippen molar-refractivity contribution >= 4 is 28.9 Å². The predicted octanol–water partition coefficient (Wildman–Crippen LogP) is 6.50. The van der Waals surface area contributed by atoms with E-state index in [1.165, 1.54) is 5.56 Å². The Morgan fingerprint density at radius 2 is 1.78 bits per heavy atom. The molecule has 0 radical (unpaired) electrons. The zero-order valence-corrected chi connectivity index (χ0v) is 16.8. The second-order valence-corrected chi connectivity index (χ2v) is 7.05. The third-order valence-electron chi connectivity index (χ3n) is 4.14. The number of anilines is 1. The van der Waals surface area contributed by atoms with Gasteiger partial charge in [0, 0.05) is 17.1 Å². The molecule has 0 unspecified atom stereocenters. The van der Waals surface area contributed by atoms with Crippen molar-refractivity contribution < 1.29 is 9.47 Å². The number of halogens is 2. The van der Waals surface area contributed by atoms with Gasteiger partial charge >= 0.3 is 0 Å². The van der Waals surface area contributed by atoms with Crippen LogP contribution in [0.2, 0.25) is 10.0 Å². The maximum Gasteiger partial charge on any atom is 0.166 e. The van der Waals surface area contributed by atoms with E-state index < -0.39 is 0 Å². The van der Waals surface area contributed by atoms with Crippen molar-refractivity contribution in [1.29, 1.82) is 0 Å². The van der Waals surface area contributed by atoms with Crippen LogP contribution in [0, 0.1) is 6.92 Å². The molecule has 0 spiro atoms. The molecule has 0 amide bonds. The number of hydrogen-bond acceptors (Lipinski definition) is 3. The average molecular weight is 402 g/mol. The summed E-state index contributed by atoms with van der Waals surface area (Å²) in [6.45, 7) is 3.06. The van der Waals surface area contributed by atoms with Crippen LogP contribution in [0.4, 0.5) is 5.69 Å². The highest BCUT2D eigenvalue weighted by atomic mass is 35.5. The topological polar surface area (TPSA) is 30.5 Å². The van der Waals surface area contributed by atoms with E-state index >= 15 is 0 Å². The van der Waals surface area contributed by atoms with Gasteiger partial charge in [-0.25, -0.2) is 0 Å². The first-order valence-electron chi connectivity index (χ1n) is 8.60. The molecule has 3 nitrogen and oxygen atoms in total. The third-order valence-corrected chi connectivity index (χ3v) is 4.71. The Bertz CT molecular complexity index is 928. The fraction of sp³-hybridized carbons (Fsp3) is 0.182. The van der Waals surface area contributed by atoms with Crippen molar-refractivity contribution in [2.75, 3.05) is 12.4 Å². The fourth-order valence-electron chi connectivity index (χ4n) is 2.81. The Morgan fingerprint density at radius 1 is 0.963 bits per heavy atom. The Balaban J connectivity index is 1.79. The van der Waals surface area contributed by atoms with Crippen molar-refractivity contribution in [3.63, 3.8) is 0 Å². The van der Waals surface area contributed by atoms with E-state index in [4.69, 9.17) is 32.7 Å². The van der Waals surface area contributed by atoms with Crippen molar-refractivity contribution in [2.24, 2.45) is 0 Å². The van der Waals surface area contributed by atoms with Crippen LogP contribution in [0.1, 0.15) is 16.7 Å². The van der Waals surface area contributed by atoms with Crippen molar-refractivity contribution in [2.45, 2.75) is 20.1 Å². The molecule has 0 heterocycles. The van der Waals surface area contributed by atoms with Crippen molar-refractivity contribution in [3.05, 3.63) is 87.4 Å². The molecular weight excluding hydrogens is 381 g/mol. The first-order valence-corrected chi connectivity index (χ1v) is 9.35. The van der Waals surface area contributed by atoms with E-state index in [2.05, 4.69) is 24.4 Å². The SMILES string of the molecule is COc1cccc(CNc2cc(Cl)ccc2Cl)c1OCc1cccc(C)c1. The van der Waals surface area contributed by atoms with Crippen LogP contribution in [-0.4, -0.2) is 7.11 Å². The second kappa shape index (κ2) is 9.03. The summed E-state index contributed by atoms with van der Waals surface area (Å²) in [6.07, 6.45) is 0. The first kappa shape index (κ1) is 19.4. The minimum atomic E-state index is 0.465. The van der Waals surface area contributed by atoms with Crippen LogP contribution in [-0.2, 0) is 13.2 Å². The quantitative estimate of drug-likeness (QED) is 0.489. The molecule has 0 aliphatic rings. The number of rotatable bonds is 7. The van der Waals surface area contributed by atoms with Gasteiger partial charge in [-0.05, 0) is 36.8 Å². The van der Waals surface area contributed by atoms with Crippen LogP contribution >= 0.6 is 23.2 Å². The summed E-state index contributed by atoms with van der Waals surface area (Å²) in [6, 6.07) is 19.4. The van der Waals surface area contributed by atoms with Gasteiger partial charge in [0.2, 0.25) is 0 Å². The number of benzene rings is 3.